The maximum Gasteiger partial charge on any atom is 0.253 e. The Morgan fingerprint density at radius 1 is 0.679 bits per heavy atom. The van der Waals surface area contributed by atoms with Crippen LogP contribution < -0.4 is 16.8 Å². The summed E-state index contributed by atoms with van der Waals surface area (Å²) in [5.41, 5.74) is 16.4. The Morgan fingerprint density at radius 2 is 1.16 bits per heavy atom. The molecule has 0 saturated heterocycles. The van der Waals surface area contributed by atoms with Crippen LogP contribution in [0.3, 0.4) is 0 Å². The lowest BCUT2D eigenvalue weighted by Crippen LogP contribution is -2.36. The fraction of sp³-hybridized carbons (Fsp3) is 0.273. The van der Waals surface area contributed by atoms with Crippen LogP contribution in [0.25, 0.3) is 22.3 Å². The quantitative estimate of drug-likeness (QED) is 0.0875. The van der Waals surface area contributed by atoms with E-state index in [0.717, 1.165) is 35.3 Å². The van der Waals surface area contributed by atoms with Crippen molar-refractivity contribution in [2.24, 2.45) is 21.5 Å². The van der Waals surface area contributed by atoms with E-state index in [1.165, 1.54) is 0 Å². The lowest BCUT2D eigenvalue weighted by atomic mass is 9.81. The molecule has 10 nitrogen and oxygen atoms in total. The van der Waals surface area contributed by atoms with Crippen LogP contribution in [-0.4, -0.2) is 46.8 Å². The number of nitrogens with two attached hydrogens (primary N) is 2. The summed E-state index contributed by atoms with van der Waals surface area (Å²) in [6, 6.07) is 33.0. The van der Waals surface area contributed by atoms with Crippen LogP contribution in [0.15, 0.2) is 128 Å². The predicted octanol–water partition coefficient (Wildman–Crippen LogP) is 9.65. The summed E-state index contributed by atoms with van der Waals surface area (Å²) in [4.78, 5) is 10.3. The molecule has 0 unspecified atom stereocenters. The molecule has 2 heterocycles. The number of nitrogens with zero attached hydrogens (tertiary/aromatic N) is 5. The highest BCUT2D eigenvalue weighted by atomic mass is 19.1. The van der Waals surface area contributed by atoms with Crippen molar-refractivity contribution in [2.75, 3.05) is 25.0 Å². The van der Waals surface area contributed by atoms with Gasteiger partial charge in [-0.3, -0.25) is 10.3 Å². The van der Waals surface area contributed by atoms with Crippen molar-refractivity contribution >= 4 is 23.7 Å². The van der Waals surface area contributed by atoms with Gasteiger partial charge in [-0.2, -0.15) is 4.99 Å². The first-order chi connectivity index (χ1) is 26.8. The fourth-order valence-electron chi connectivity index (χ4n) is 6.12. The molecule has 0 radical (unpaired) electrons. The Balaban J connectivity index is 0.000000215. The molecule has 5 N–H and O–H groups in total. The first kappa shape index (κ1) is 40.9. The third-order valence-corrected chi connectivity index (χ3v) is 9.73. The molecule has 0 aliphatic rings. The molecule has 0 bridgehead atoms. The van der Waals surface area contributed by atoms with E-state index in [1.807, 2.05) is 126 Å². The zero-order valence-corrected chi connectivity index (χ0v) is 33.0. The van der Waals surface area contributed by atoms with Gasteiger partial charge in [0.1, 0.15) is 11.6 Å². The highest BCUT2D eigenvalue weighted by Gasteiger charge is 2.30. The number of anilines is 1. The highest BCUT2D eigenvalue weighted by molar-refractivity contribution is 5.91. The van der Waals surface area contributed by atoms with E-state index in [4.69, 9.17) is 20.5 Å². The standard InChI is InChI=1S/C23H27FN4O.C21H23FN4O/c1-5-28(6-2)22(25)26-21-15-20(27-29-21)23(3,4)17-12-13-18(19(24)14-17)16-10-8-7-9-11-16;1-4-24-20(23)25-19-13-18(26-27-19)21(2,3)15-10-11-16(17(22)12-15)14-8-6-5-7-9-14/h7-15H,5-6H2,1-4H3,(H2,25,26);5-13H,4H2,1-3H3,(H3,23,24,25). The molecule has 6 rings (SSSR count). The van der Waals surface area contributed by atoms with Crippen LogP contribution >= 0.6 is 0 Å². The average molecular weight is 761 g/mol. The number of benzene rings is 4. The van der Waals surface area contributed by atoms with Crippen LogP contribution in [0.1, 0.15) is 71.0 Å². The lowest BCUT2D eigenvalue weighted by Gasteiger charge is -2.23. The van der Waals surface area contributed by atoms with Gasteiger partial charge in [-0.05, 0) is 55.2 Å². The first-order valence-electron chi connectivity index (χ1n) is 18.6. The molecule has 0 atom stereocenters. The second kappa shape index (κ2) is 17.9. The third kappa shape index (κ3) is 9.49. The summed E-state index contributed by atoms with van der Waals surface area (Å²) >= 11 is 0. The minimum atomic E-state index is -0.558. The van der Waals surface area contributed by atoms with Gasteiger partial charge >= 0.3 is 0 Å². The Labute approximate surface area is 327 Å². The number of guanidine groups is 2. The summed E-state index contributed by atoms with van der Waals surface area (Å²) in [7, 11) is 0. The summed E-state index contributed by atoms with van der Waals surface area (Å²) in [6.07, 6.45) is 0. The van der Waals surface area contributed by atoms with Gasteiger partial charge < -0.3 is 25.4 Å². The molecule has 12 heteroatoms. The molecular weight excluding hydrogens is 711 g/mol. The molecule has 56 heavy (non-hydrogen) atoms. The molecule has 4 aromatic carbocycles. The minimum absolute atomic E-state index is 0.260. The van der Waals surface area contributed by atoms with Crippen molar-refractivity contribution in [2.45, 2.75) is 59.3 Å². The van der Waals surface area contributed by atoms with Gasteiger partial charge in [-0.15, -0.1) is 0 Å². The molecule has 0 saturated carbocycles. The number of nitrogens with one attached hydrogen (secondary N) is 1. The predicted molar refractivity (Wildman–Crippen MR) is 221 cm³/mol. The van der Waals surface area contributed by atoms with Gasteiger partial charge in [0, 0.05) is 53.7 Å². The molecule has 6 aromatic rings. The van der Waals surface area contributed by atoms with E-state index in [0.29, 0.717) is 46.8 Å². The highest BCUT2D eigenvalue weighted by Crippen LogP contribution is 2.36. The van der Waals surface area contributed by atoms with Gasteiger partial charge in [0.05, 0.1) is 11.4 Å². The molecule has 292 valence electrons. The summed E-state index contributed by atoms with van der Waals surface area (Å²) in [5.74, 6) is 0.834. The second-order valence-corrected chi connectivity index (χ2v) is 14.1. The minimum Gasteiger partial charge on any atom is -0.370 e. The average Bonchev–Trinajstić information content (AvgIpc) is 3.87. The van der Waals surface area contributed by atoms with Crippen LogP contribution in [-0.2, 0) is 10.8 Å². The number of hydrogen-bond acceptors (Lipinski definition) is 6. The van der Waals surface area contributed by atoms with Crippen molar-refractivity contribution < 1.29 is 17.8 Å². The van der Waals surface area contributed by atoms with Gasteiger partial charge in [0.2, 0.25) is 5.88 Å². The van der Waals surface area contributed by atoms with E-state index in [1.54, 1.807) is 36.4 Å². The van der Waals surface area contributed by atoms with Crippen LogP contribution in [0.2, 0.25) is 0 Å². The topological polar surface area (TPSA) is 144 Å². The van der Waals surface area contributed by atoms with Crippen molar-refractivity contribution in [3.63, 3.8) is 0 Å². The monoisotopic (exact) mass is 760 g/mol. The van der Waals surface area contributed by atoms with Gasteiger partial charge in [0.15, 0.2) is 11.9 Å². The second-order valence-electron chi connectivity index (χ2n) is 14.1. The Bertz CT molecular complexity index is 2260. The number of hydrogen-bond donors (Lipinski definition) is 3. The SMILES string of the molecule is CCN(CC)C(N)=Nc1cc(C(C)(C)c2ccc(-c3ccccc3)c(F)c2)no1.CCN=C(N)Nc1cc(C(C)(C)c2ccc(-c3ccccc3)c(F)c2)no1. The van der Waals surface area contributed by atoms with E-state index in [9.17, 15) is 8.78 Å². The maximum atomic E-state index is 14.8. The maximum absolute atomic E-state index is 14.8. The van der Waals surface area contributed by atoms with Crippen molar-refractivity contribution in [3.05, 3.63) is 143 Å². The number of halogens is 2. The van der Waals surface area contributed by atoms with Gasteiger partial charge in [-0.25, -0.2) is 8.78 Å². The molecule has 0 aliphatic carbocycles. The lowest BCUT2D eigenvalue weighted by molar-refractivity contribution is 0.403. The number of aliphatic imine (C=N–C) groups is 2. The molecule has 0 fully saturated rings. The smallest absolute Gasteiger partial charge is 0.253 e. The van der Waals surface area contributed by atoms with Crippen molar-refractivity contribution in [1.82, 2.24) is 15.2 Å². The Hall–Kier alpha value is -6.30. The number of rotatable bonds is 11. The van der Waals surface area contributed by atoms with Gasteiger partial charge in [-0.1, -0.05) is 123 Å². The zero-order valence-electron chi connectivity index (χ0n) is 33.0. The Morgan fingerprint density at radius 3 is 1.62 bits per heavy atom. The molecule has 2 aromatic heterocycles. The molecule has 0 spiro atoms. The van der Waals surface area contributed by atoms with E-state index in [-0.39, 0.29) is 17.6 Å². The summed E-state index contributed by atoms with van der Waals surface area (Å²) < 4.78 is 40.3. The molecule has 0 aliphatic heterocycles. The summed E-state index contributed by atoms with van der Waals surface area (Å²) in [6.45, 7) is 15.9. The van der Waals surface area contributed by atoms with Crippen molar-refractivity contribution in [3.8, 4) is 22.3 Å². The van der Waals surface area contributed by atoms with Crippen LogP contribution in [0.4, 0.5) is 20.5 Å². The number of aromatic nitrogens is 2. The van der Waals surface area contributed by atoms with E-state index in [2.05, 4.69) is 25.6 Å². The first-order valence-corrected chi connectivity index (χ1v) is 18.6. The van der Waals surface area contributed by atoms with E-state index < -0.39 is 10.8 Å². The molecule has 0 amide bonds. The Kier molecular flexibility index (Phi) is 13.1. The largest absolute Gasteiger partial charge is 0.370 e. The normalized spacial score (nSPS) is 12.2. The zero-order chi connectivity index (χ0) is 40.5. The van der Waals surface area contributed by atoms with E-state index >= 15 is 0 Å². The van der Waals surface area contributed by atoms with Gasteiger partial charge in [0.25, 0.3) is 5.88 Å². The van der Waals surface area contributed by atoms with Crippen molar-refractivity contribution in [1.29, 1.82) is 0 Å². The fourth-order valence-corrected chi connectivity index (χ4v) is 6.12. The third-order valence-electron chi connectivity index (χ3n) is 9.73. The summed E-state index contributed by atoms with van der Waals surface area (Å²) in [5, 5.41) is 11.1. The van der Waals surface area contributed by atoms with Crippen LogP contribution in [0.5, 0.6) is 0 Å². The molecular formula is C44H50F2N8O2. The van der Waals surface area contributed by atoms with Crippen LogP contribution in [0, 0.1) is 11.6 Å².